The summed E-state index contributed by atoms with van der Waals surface area (Å²) in [5, 5.41) is 15.3. The van der Waals surface area contributed by atoms with Gasteiger partial charge in [-0.1, -0.05) is 19.4 Å². The summed E-state index contributed by atoms with van der Waals surface area (Å²) in [7, 11) is 0. The second kappa shape index (κ2) is 7.08. The number of nitriles is 1. The van der Waals surface area contributed by atoms with E-state index in [9.17, 15) is 18.0 Å². The molecule has 0 aromatic carbocycles. The van der Waals surface area contributed by atoms with E-state index in [0.717, 1.165) is 35.7 Å². The van der Waals surface area contributed by atoms with Crippen LogP contribution in [0.25, 0.3) is 10.6 Å². The SMILES string of the molecule is CC1CCCC/C1=N/n1c(-c2cccs2)cc(C(F)(F)F)c(C#N)c1=O. The normalized spacial score (nSPS) is 19.5. The second-order valence-electron chi connectivity index (χ2n) is 6.26. The minimum atomic E-state index is -4.79. The van der Waals surface area contributed by atoms with Crippen LogP contribution in [-0.2, 0) is 6.18 Å². The standard InChI is InChI=1S/C18H16F3N3OS/c1-11-5-2-3-6-14(11)23-24-15(16-7-4-8-26-16)9-13(18(19,20)21)12(10-22)17(24)25/h4,7-9,11H,2-3,5-6H2,1H3/b23-14-. The third-order valence-corrected chi connectivity index (χ3v) is 5.39. The molecule has 8 heteroatoms. The van der Waals surface area contributed by atoms with E-state index in [1.807, 2.05) is 6.92 Å². The van der Waals surface area contributed by atoms with Crippen molar-refractivity contribution in [2.24, 2.45) is 11.0 Å². The Hall–Kier alpha value is -2.40. The van der Waals surface area contributed by atoms with Crippen molar-refractivity contribution in [2.75, 3.05) is 0 Å². The number of aromatic nitrogens is 1. The highest BCUT2D eigenvalue weighted by Crippen LogP contribution is 2.35. The highest BCUT2D eigenvalue weighted by molar-refractivity contribution is 7.13. The molecule has 136 valence electrons. The predicted octanol–water partition coefficient (Wildman–Crippen LogP) is 4.88. The van der Waals surface area contributed by atoms with Crippen molar-refractivity contribution in [1.29, 1.82) is 5.26 Å². The van der Waals surface area contributed by atoms with Gasteiger partial charge in [0.25, 0.3) is 5.56 Å². The third-order valence-electron chi connectivity index (χ3n) is 4.49. The van der Waals surface area contributed by atoms with Crippen molar-refractivity contribution < 1.29 is 13.2 Å². The van der Waals surface area contributed by atoms with Crippen LogP contribution in [0.3, 0.4) is 0 Å². The highest BCUT2D eigenvalue weighted by Gasteiger charge is 2.37. The molecule has 1 aliphatic rings. The molecule has 3 rings (SSSR count). The molecule has 2 aromatic rings. The van der Waals surface area contributed by atoms with E-state index in [1.54, 1.807) is 17.5 Å². The minimum absolute atomic E-state index is 0.0570. The van der Waals surface area contributed by atoms with E-state index in [0.29, 0.717) is 11.3 Å². The van der Waals surface area contributed by atoms with Gasteiger partial charge in [-0.3, -0.25) is 4.79 Å². The maximum Gasteiger partial charge on any atom is 0.417 e. The lowest BCUT2D eigenvalue weighted by Crippen LogP contribution is -2.28. The van der Waals surface area contributed by atoms with E-state index in [1.165, 1.54) is 17.4 Å². The van der Waals surface area contributed by atoms with Crippen LogP contribution in [0, 0.1) is 17.2 Å². The van der Waals surface area contributed by atoms with Crippen LogP contribution in [-0.4, -0.2) is 10.4 Å². The third kappa shape index (κ3) is 3.44. The van der Waals surface area contributed by atoms with Gasteiger partial charge < -0.3 is 0 Å². The van der Waals surface area contributed by atoms with Crippen molar-refractivity contribution in [3.8, 4) is 16.6 Å². The Balaban J connectivity index is 2.31. The van der Waals surface area contributed by atoms with Crippen molar-refractivity contribution in [3.05, 3.63) is 45.1 Å². The Kier molecular flexibility index (Phi) is 5.01. The number of alkyl halides is 3. The summed E-state index contributed by atoms with van der Waals surface area (Å²) in [6.07, 6.45) is -1.18. The van der Waals surface area contributed by atoms with Gasteiger partial charge in [-0.25, -0.2) is 0 Å². The summed E-state index contributed by atoms with van der Waals surface area (Å²) in [5.74, 6) is 0.152. The fraction of sp³-hybridized carbons (Fsp3) is 0.389. The Morgan fingerprint density at radius 3 is 2.73 bits per heavy atom. The average Bonchev–Trinajstić information content (AvgIpc) is 3.11. The van der Waals surface area contributed by atoms with Gasteiger partial charge in [0.05, 0.1) is 16.1 Å². The molecule has 0 bridgehead atoms. The lowest BCUT2D eigenvalue weighted by atomic mass is 9.89. The summed E-state index contributed by atoms with van der Waals surface area (Å²) in [4.78, 5) is 13.2. The summed E-state index contributed by atoms with van der Waals surface area (Å²) in [5.41, 5.74) is -2.34. The van der Waals surface area contributed by atoms with Gasteiger partial charge in [-0.2, -0.15) is 28.2 Å². The molecule has 26 heavy (non-hydrogen) atoms. The Bertz CT molecular complexity index is 936. The number of rotatable bonds is 2. The summed E-state index contributed by atoms with van der Waals surface area (Å²) in [6, 6.07) is 5.59. The van der Waals surface area contributed by atoms with Gasteiger partial charge in [0, 0.05) is 5.71 Å². The molecular formula is C18H16F3N3OS. The minimum Gasteiger partial charge on any atom is -0.266 e. The highest BCUT2D eigenvalue weighted by atomic mass is 32.1. The molecule has 2 aromatic heterocycles. The van der Waals surface area contributed by atoms with Gasteiger partial charge in [-0.05, 0) is 42.7 Å². The average molecular weight is 379 g/mol. The molecule has 2 heterocycles. The number of hydrogen-bond acceptors (Lipinski definition) is 4. The van der Waals surface area contributed by atoms with Crippen molar-refractivity contribution >= 4 is 17.0 Å². The van der Waals surface area contributed by atoms with Gasteiger partial charge >= 0.3 is 6.18 Å². The Morgan fingerprint density at radius 2 is 2.15 bits per heavy atom. The van der Waals surface area contributed by atoms with E-state index in [2.05, 4.69) is 5.10 Å². The molecule has 4 nitrogen and oxygen atoms in total. The van der Waals surface area contributed by atoms with Crippen molar-refractivity contribution in [1.82, 2.24) is 4.68 Å². The molecule has 0 N–H and O–H groups in total. The first kappa shape index (κ1) is 18.4. The molecular weight excluding hydrogens is 363 g/mol. The molecule has 0 saturated heterocycles. The van der Waals surface area contributed by atoms with E-state index in [-0.39, 0.29) is 11.6 Å². The summed E-state index contributed by atoms with van der Waals surface area (Å²) >= 11 is 1.22. The van der Waals surface area contributed by atoms with E-state index in [4.69, 9.17) is 5.26 Å². The fourth-order valence-corrected chi connectivity index (χ4v) is 3.80. The van der Waals surface area contributed by atoms with Crippen LogP contribution >= 0.6 is 11.3 Å². The molecule has 1 unspecified atom stereocenters. The van der Waals surface area contributed by atoms with Crippen LogP contribution < -0.4 is 5.56 Å². The Labute approximate surface area is 152 Å². The van der Waals surface area contributed by atoms with Gasteiger partial charge in [0.15, 0.2) is 0 Å². The van der Waals surface area contributed by atoms with Crippen molar-refractivity contribution in [3.63, 3.8) is 0 Å². The predicted molar refractivity (Wildman–Crippen MR) is 94.2 cm³/mol. The maximum atomic E-state index is 13.4. The van der Waals surface area contributed by atoms with Crippen LogP contribution in [0.5, 0.6) is 0 Å². The first-order valence-electron chi connectivity index (χ1n) is 8.22. The second-order valence-corrected chi connectivity index (χ2v) is 7.21. The topological polar surface area (TPSA) is 58.1 Å². The molecule has 1 aliphatic carbocycles. The molecule has 0 aliphatic heterocycles. The van der Waals surface area contributed by atoms with Gasteiger partial charge in [-0.15, -0.1) is 11.3 Å². The molecule has 0 radical (unpaired) electrons. The number of thiophene rings is 1. The van der Waals surface area contributed by atoms with Crippen LogP contribution in [0.2, 0.25) is 0 Å². The molecule has 1 saturated carbocycles. The van der Waals surface area contributed by atoms with Crippen LogP contribution in [0.1, 0.15) is 43.7 Å². The lowest BCUT2D eigenvalue weighted by Gasteiger charge is -2.21. The van der Waals surface area contributed by atoms with Gasteiger partial charge in [0.1, 0.15) is 11.6 Å². The smallest absolute Gasteiger partial charge is 0.266 e. The van der Waals surface area contributed by atoms with E-state index >= 15 is 0 Å². The van der Waals surface area contributed by atoms with E-state index < -0.39 is 22.9 Å². The van der Waals surface area contributed by atoms with Crippen LogP contribution in [0.4, 0.5) is 13.2 Å². The van der Waals surface area contributed by atoms with Crippen LogP contribution in [0.15, 0.2) is 33.5 Å². The molecule has 0 amide bonds. The monoisotopic (exact) mass is 379 g/mol. The number of nitrogens with zero attached hydrogens (tertiary/aromatic N) is 3. The molecule has 0 spiro atoms. The first-order valence-corrected chi connectivity index (χ1v) is 9.10. The van der Waals surface area contributed by atoms with Gasteiger partial charge in [0.2, 0.25) is 0 Å². The zero-order valence-corrected chi connectivity index (χ0v) is 14.8. The van der Waals surface area contributed by atoms with Crippen molar-refractivity contribution in [2.45, 2.75) is 38.8 Å². The summed E-state index contributed by atoms with van der Waals surface area (Å²) < 4.78 is 41.0. The quantitative estimate of drug-likeness (QED) is 0.747. The molecule has 1 atom stereocenters. The maximum absolute atomic E-state index is 13.4. The Morgan fingerprint density at radius 1 is 1.38 bits per heavy atom. The molecule has 1 fully saturated rings. The summed E-state index contributed by atoms with van der Waals surface area (Å²) in [6.45, 7) is 1.99. The number of hydrogen-bond donors (Lipinski definition) is 0. The number of pyridine rings is 1. The largest absolute Gasteiger partial charge is 0.417 e. The fourth-order valence-electron chi connectivity index (χ4n) is 3.08. The zero-order valence-electron chi connectivity index (χ0n) is 14.0. The number of halogens is 3. The zero-order chi connectivity index (χ0) is 18.9. The lowest BCUT2D eigenvalue weighted by molar-refractivity contribution is -0.137. The first-order chi connectivity index (χ1) is 12.3.